The number of rotatable bonds is 2. The third kappa shape index (κ3) is 5.97. The number of hydrogen-bond donors (Lipinski definition) is 0. The summed E-state index contributed by atoms with van der Waals surface area (Å²) in [6.45, 7) is 31.0. The Labute approximate surface area is 253 Å². The molecule has 0 N–H and O–H groups in total. The van der Waals surface area contributed by atoms with Crippen LogP contribution in [0.3, 0.4) is 0 Å². The minimum Gasteiger partial charge on any atom is -1.00 e. The van der Waals surface area contributed by atoms with Crippen LogP contribution in [0, 0.1) is 11.3 Å². The molecule has 4 rings (SSSR count). The molecule has 0 nitrogen and oxygen atoms in total. The van der Waals surface area contributed by atoms with Gasteiger partial charge in [0, 0.05) is 0 Å². The topological polar surface area (TPSA) is 0 Å². The van der Waals surface area contributed by atoms with Gasteiger partial charge in [-0.15, -0.1) is 0 Å². The minimum atomic E-state index is -2.27. The monoisotopic (exact) mass is 628 g/mol. The molecule has 1 unspecified atom stereocenters. The van der Waals surface area contributed by atoms with Crippen LogP contribution in [0.25, 0.3) is 11.1 Å². The Balaban J connectivity index is 0.00000253. The molecule has 0 saturated carbocycles. The Bertz CT molecular complexity index is 1250. The van der Waals surface area contributed by atoms with Gasteiger partial charge in [-0.2, -0.15) is 0 Å². The van der Waals surface area contributed by atoms with Gasteiger partial charge in [0.25, 0.3) is 0 Å². The van der Waals surface area contributed by atoms with E-state index in [4.69, 9.17) is 0 Å². The number of allylic oxidation sites excluding steroid dienone is 4. The standard InChI is InChI=1S/C21H25.C11H17.C3H6.2ClH.Zr/c1-20(2,3)16-9-7-14-11-15-8-10-17(21(4,5)6)13-19(15)18(14)12-16;1-8-6-9(2)10(7-8)11(3,4)5;1-3-2;;;/h7-13H,1-6H3;7-8H,1-5H3;1-2H3;2*1H;/q;;;;;+2/p-2. The first kappa shape index (κ1) is 33.5. The van der Waals surface area contributed by atoms with Crippen molar-refractivity contribution < 1.29 is 46.1 Å². The fourth-order valence-corrected chi connectivity index (χ4v) is 15.4. The summed E-state index contributed by atoms with van der Waals surface area (Å²) >= 11 is -2.27. The van der Waals surface area contributed by atoms with E-state index in [0.717, 1.165) is 0 Å². The van der Waals surface area contributed by atoms with Gasteiger partial charge in [0.2, 0.25) is 0 Å². The van der Waals surface area contributed by atoms with Crippen molar-refractivity contribution in [2.75, 3.05) is 0 Å². The molecule has 0 radical (unpaired) electrons. The molecule has 3 heteroatoms. The molecule has 0 fully saturated rings. The normalized spacial score (nSPS) is 17.2. The van der Waals surface area contributed by atoms with E-state index in [1.807, 2.05) is 3.28 Å². The van der Waals surface area contributed by atoms with Crippen LogP contribution < -0.4 is 24.8 Å². The molecule has 2 aliphatic carbocycles. The number of benzene rings is 2. The van der Waals surface area contributed by atoms with Gasteiger partial charge in [-0.25, -0.2) is 0 Å². The second-order valence-corrected chi connectivity index (χ2v) is 21.8. The van der Waals surface area contributed by atoms with Crippen molar-refractivity contribution in [3.63, 3.8) is 0 Å². The first-order valence-corrected chi connectivity index (χ1v) is 17.7. The van der Waals surface area contributed by atoms with Crippen LogP contribution in [-0.4, -0.2) is 3.21 Å². The summed E-state index contributed by atoms with van der Waals surface area (Å²) in [5.74, 6) is 0.554. The van der Waals surface area contributed by atoms with Gasteiger partial charge in [0.1, 0.15) is 0 Å². The summed E-state index contributed by atoms with van der Waals surface area (Å²) in [5, 5.41) is 0. The number of hydrogen-bond acceptors (Lipinski definition) is 0. The van der Waals surface area contributed by atoms with Crippen LogP contribution in [0.15, 0.2) is 56.9 Å². The van der Waals surface area contributed by atoms with Gasteiger partial charge in [-0.05, 0) is 0 Å². The van der Waals surface area contributed by atoms with E-state index in [0.29, 0.717) is 9.54 Å². The van der Waals surface area contributed by atoms with Crippen LogP contribution in [0.2, 0.25) is 0 Å². The van der Waals surface area contributed by atoms with Crippen LogP contribution >= 0.6 is 0 Å². The average molecular weight is 631 g/mol. The smallest absolute Gasteiger partial charge is 1.00 e. The zero-order valence-corrected chi connectivity index (χ0v) is 29.9. The molecule has 2 aliphatic rings. The van der Waals surface area contributed by atoms with E-state index >= 15 is 0 Å². The van der Waals surface area contributed by atoms with E-state index in [1.54, 1.807) is 25.5 Å². The second kappa shape index (κ2) is 11.3. The average Bonchev–Trinajstić information content (AvgIpc) is 3.21. The molecule has 2 aromatic carbocycles. The maximum absolute atomic E-state index is 2.59. The van der Waals surface area contributed by atoms with Crippen molar-refractivity contribution in [2.45, 2.75) is 104 Å². The molecular weight excluding hydrogens is 583 g/mol. The molecule has 0 aromatic heterocycles. The first-order chi connectivity index (χ1) is 16.4. The number of fused-ring (bicyclic) bond motifs is 3. The molecule has 0 saturated heterocycles. The molecule has 206 valence electrons. The van der Waals surface area contributed by atoms with Gasteiger partial charge in [0.15, 0.2) is 0 Å². The summed E-state index contributed by atoms with van der Waals surface area (Å²) in [6.07, 6.45) is 2.59. The Hall–Kier alpha value is -0.747. The third-order valence-electron chi connectivity index (χ3n) is 8.36. The third-order valence-corrected chi connectivity index (χ3v) is 17.4. The fraction of sp³-hybridized carbons (Fsp3) is 0.514. The quantitative estimate of drug-likeness (QED) is 0.470. The second-order valence-electron chi connectivity index (χ2n) is 14.6. The van der Waals surface area contributed by atoms with E-state index < -0.39 is 21.3 Å². The molecule has 2 aromatic rings. The van der Waals surface area contributed by atoms with Crippen LogP contribution in [-0.2, 0) is 32.1 Å². The van der Waals surface area contributed by atoms with Crippen molar-refractivity contribution in [1.82, 2.24) is 0 Å². The summed E-state index contributed by atoms with van der Waals surface area (Å²) < 4.78 is 4.10. The van der Waals surface area contributed by atoms with Crippen molar-refractivity contribution in [3.8, 4) is 11.1 Å². The van der Waals surface area contributed by atoms with Crippen molar-refractivity contribution >= 4 is 3.21 Å². The zero-order chi connectivity index (χ0) is 27.0. The van der Waals surface area contributed by atoms with Gasteiger partial charge in [-0.3, -0.25) is 0 Å². The molecule has 1 atom stereocenters. The predicted molar refractivity (Wildman–Crippen MR) is 157 cm³/mol. The SMILES string of the molecule is CC1=[C]([Zr+2](=[C](C)C)[CH]2c3ccc(C(C)(C)C)cc3-c3cc(C(C)(C)C)ccc32)C(C)C=C1C(C)(C)C.[Cl-].[Cl-]. The Kier molecular flexibility index (Phi) is 9.92. The van der Waals surface area contributed by atoms with Gasteiger partial charge in [0.05, 0.1) is 0 Å². The molecule has 38 heavy (non-hydrogen) atoms. The molecule has 0 aliphatic heterocycles. The Morgan fingerprint density at radius 3 is 1.42 bits per heavy atom. The van der Waals surface area contributed by atoms with Crippen molar-refractivity contribution in [2.24, 2.45) is 11.3 Å². The Morgan fingerprint density at radius 1 is 0.684 bits per heavy atom. The molecule has 0 amide bonds. The summed E-state index contributed by atoms with van der Waals surface area (Å²) in [5.41, 5.74) is 12.8. The van der Waals surface area contributed by atoms with E-state index in [-0.39, 0.29) is 41.1 Å². The first-order valence-electron chi connectivity index (χ1n) is 13.8. The zero-order valence-electron chi connectivity index (χ0n) is 26.0. The maximum atomic E-state index is 2.59. The summed E-state index contributed by atoms with van der Waals surface area (Å²) in [6, 6.07) is 14.9. The number of halogens is 2. The van der Waals surface area contributed by atoms with Crippen LogP contribution in [0.1, 0.15) is 116 Å². The van der Waals surface area contributed by atoms with E-state index in [9.17, 15) is 0 Å². The summed E-state index contributed by atoms with van der Waals surface area (Å²) in [4.78, 5) is 0. The molecule has 0 bridgehead atoms. The minimum absolute atomic E-state index is 0. The molecule has 0 heterocycles. The summed E-state index contributed by atoms with van der Waals surface area (Å²) in [7, 11) is 0. The van der Waals surface area contributed by atoms with Crippen molar-refractivity contribution in [3.05, 3.63) is 79.2 Å². The maximum Gasteiger partial charge on any atom is -1.00 e. The van der Waals surface area contributed by atoms with Gasteiger partial charge >= 0.3 is 231 Å². The largest absolute Gasteiger partial charge is 1.00 e. The Morgan fingerprint density at radius 2 is 1.11 bits per heavy atom. The van der Waals surface area contributed by atoms with Crippen molar-refractivity contribution in [1.29, 1.82) is 0 Å². The predicted octanol–water partition coefficient (Wildman–Crippen LogP) is 4.09. The van der Waals surface area contributed by atoms with Crippen LogP contribution in [0.4, 0.5) is 0 Å². The van der Waals surface area contributed by atoms with Gasteiger partial charge in [-0.1, -0.05) is 0 Å². The molecular formula is C35H48Cl2Zr. The fourth-order valence-electron chi connectivity index (χ4n) is 6.41. The molecule has 0 spiro atoms. The van der Waals surface area contributed by atoms with E-state index in [1.165, 1.54) is 22.3 Å². The van der Waals surface area contributed by atoms with E-state index in [2.05, 4.69) is 132 Å². The van der Waals surface area contributed by atoms with Gasteiger partial charge < -0.3 is 24.8 Å². The van der Waals surface area contributed by atoms with Crippen LogP contribution in [0.5, 0.6) is 0 Å².